The smallest absolute Gasteiger partial charge is 0.128 e. The predicted molar refractivity (Wildman–Crippen MR) is 68.0 cm³/mol. The van der Waals surface area contributed by atoms with Crippen molar-refractivity contribution in [2.24, 2.45) is 5.73 Å². The van der Waals surface area contributed by atoms with E-state index in [1.54, 1.807) is 6.20 Å². The van der Waals surface area contributed by atoms with Gasteiger partial charge in [0.2, 0.25) is 0 Å². The first-order valence-electron chi connectivity index (χ1n) is 5.57. The normalized spacial score (nSPS) is 17.1. The van der Waals surface area contributed by atoms with Crippen molar-refractivity contribution in [3.63, 3.8) is 0 Å². The Morgan fingerprint density at radius 3 is 2.56 bits per heavy atom. The molecular weight excluding hydrogens is 200 g/mol. The molecule has 0 amide bonds. The maximum Gasteiger partial charge on any atom is 0.128 e. The first-order chi connectivity index (χ1) is 7.43. The summed E-state index contributed by atoms with van der Waals surface area (Å²) in [6.45, 7) is 4.27. The number of hydrogen-bond donors (Lipinski definition) is 2. The molecule has 0 saturated heterocycles. The summed E-state index contributed by atoms with van der Waals surface area (Å²) in [4.78, 5) is 6.23. The molecule has 4 heteroatoms. The number of nitrogens with two attached hydrogens (primary N) is 2. The molecule has 0 fully saturated rings. The van der Waals surface area contributed by atoms with E-state index in [0.717, 1.165) is 12.0 Å². The SMILES string of the molecule is CCC(C)(C(N)c1cccnc1N)N(C)C. The van der Waals surface area contributed by atoms with E-state index in [4.69, 9.17) is 11.5 Å². The molecule has 1 heterocycles. The number of hydrogen-bond acceptors (Lipinski definition) is 4. The van der Waals surface area contributed by atoms with Crippen LogP contribution in [0.4, 0.5) is 5.82 Å². The quantitative estimate of drug-likeness (QED) is 0.808. The first kappa shape index (κ1) is 12.9. The monoisotopic (exact) mass is 222 g/mol. The van der Waals surface area contributed by atoms with Gasteiger partial charge in [0, 0.05) is 17.3 Å². The highest BCUT2D eigenvalue weighted by Gasteiger charge is 2.34. The van der Waals surface area contributed by atoms with E-state index in [-0.39, 0.29) is 11.6 Å². The number of aromatic nitrogens is 1. The van der Waals surface area contributed by atoms with Gasteiger partial charge in [-0.3, -0.25) is 0 Å². The third-order valence-electron chi connectivity index (χ3n) is 3.61. The number of nitrogens with zero attached hydrogens (tertiary/aromatic N) is 2. The van der Waals surface area contributed by atoms with Gasteiger partial charge in [0.1, 0.15) is 5.82 Å². The maximum atomic E-state index is 6.32. The third kappa shape index (κ3) is 2.18. The molecule has 0 spiro atoms. The van der Waals surface area contributed by atoms with Crippen LogP contribution in [0.2, 0.25) is 0 Å². The van der Waals surface area contributed by atoms with Gasteiger partial charge in [-0.05, 0) is 33.5 Å². The van der Waals surface area contributed by atoms with Crippen molar-refractivity contribution >= 4 is 5.82 Å². The standard InChI is InChI=1S/C12H22N4/c1-5-12(2,16(3)4)10(13)9-7-6-8-15-11(9)14/h6-8,10H,5,13H2,1-4H3,(H2,14,15). The van der Waals surface area contributed by atoms with Gasteiger partial charge in [0.05, 0.1) is 6.04 Å². The van der Waals surface area contributed by atoms with E-state index < -0.39 is 0 Å². The van der Waals surface area contributed by atoms with Gasteiger partial charge in [-0.25, -0.2) is 4.98 Å². The van der Waals surface area contributed by atoms with E-state index in [1.807, 2.05) is 26.2 Å². The average molecular weight is 222 g/mol. The predicted octanol–water partition coefficient (Wildman–Crippen LogP) is 1.39. The van der Waals surface area contributed by atoms with Crippen LogP contribution in [0.25, 0.3) is 0 Å². The molecule has 90 valence electrons. The zero-order valence-electron chi connectivity index (χ0n) is 10.6. The number of anilines is 1. The first-order valence-corrected chi connectivity index (χ1v) is 5.57. The fourth-order valence-electron chi connectivity index (χ4n) is 1.84. The molecule has 0 bridgehead atoms. The summed E-state index contributed by atoms with van der Waals surface area (Å²) in [5.41, 5.74) is 13.0. The second-order valence-electron chi connectivity index (χ2n) is 4.56. The highest BCUT2D eigenvalue weighted by Crippen LogP contribution is 2.32. The van der Waals surface area contributed by atoms with Gasteiger partial charge in [-0.15, -0.1) is 0 Å². The van der Waals surface area contributed by atoms with Crippen molar-refractivity contribution < 1.29 is 0 Å². The minimum atomic E-state index is -0.138. The summed E-state index contributed by atoms with van der Waals surface area (Å²) in [7, 11) is 4.08. The summed E-state index contributed by atoms with van der Waals surface area (Å²) in [5, 5.41) is 0. The molecule has 0 aliphatic rings. The van der Waals surface area contributed by atoms with Crippen molar-refractivity contribution in [2.45, 2.75) is 31.8 Å². The molecule has 1 rings (SSSR count). The summed E-state index contributed by atoms with van der Waals surface area (Å²) in [6, 6.07) is 3.68. The van der Waals surface area contributed by atoms with Crippen molar-refractivity contribution in [3.8, 4) is 0 Å². The Hall–Kier alpha value is -1.13. The van der Waals surface area contributed by atoms with Crippen LogP contribution in [0.1, 0.15) is 31.9 Å². The largest absolute Gasteiger partial charge is 0.383 e. The lowest BCUT2D eigenvalue weighted by atomic mass is 9.84. The van der Waals surface area contributed by atoms with Crippen LogP contribution in [0, 0.1) is 0 Å². The molecule has 0 aliphatic heterocycles. The Morgan fingerprint density at radius 1 is 1.50 bits per heavy atom. The summed E-state index contributed by atoms with van der Waals surface area (Å²) >= 11 is 0. The second-order valence-corrected chi connectivity index (χ2v) is 4.56. The van der Waals surface area contributed by atoms with Crippen molar-refractivity contribution in [2.75, 3.05) is 19.8 Å². The molecule has 0 saturated carbocycles. The van der Waals surface area contributed by atoms with E-state index in [9.17, 15) is 0 Å². The van der Waals surface area contributed by atoms with Gasteiger partial charge < -0.3 is 16.4 Å². The third-order valence-corrected chi connectivity index (χ3v) is 3.61. The topological polar surface area (TPSA) is 68.2 Å². The summed E-state index contributed by atoms with van der Waals surface area (Å²) in [6.07, 6.45) is 2.64. The molecule has 0 aliphatic carbocycles. The Balaban J connectivity index is 3.10. The van der Waals surface area contributed by atoms with Crippen LogP contribution < -0.4 is 11.5 Å². The van der Waals surface area contributed by atoms with Gasteiger partial charge in [0.15, 0.2) is 0 Å². The Kier molecular flexibility index (Phi) is 3.88. The molecule has 4 nitrogen and oxygen atoms in total. The van der Waals surface area contributed by atoms with Crippen molar-refractivity contribution in [1.82, 2.24) is 9.88 Å². The molecule has 0 aromatic carbocycles. The molecule has 0 radical (unpaired) electrons. The Bertz CT molecular complexity index is 351. The molecule has 2 unspecified atom stereocenters. The highest BCUT2D eigenvalue weighted by molar-refractivity contribution is 5.42. The summed E-state index contributed by atoms with van der Waals surface area (Å²) in [5.74, 6) is 0.525. The minimum absolute atomic E-state index is 0.114. The van der Waals surface area contributed by atoms with Gasteiger partial charge >= 0.3 is 0 Å². The maximum absolute atomic E-state index is 6.32. The number of likely N-dealkylation sites (N-methyl/N-ethyl adjacent to an activating group) is 1. The summed E-state index contributed by atoms with van der Waals surface area (Å²) < 4.78 is 0. The molecule has 1 aromatic rings. The van der Waals surface area contributed by atoms with E-state index >= 15 is 0 Å². The zero-order valence-corrected chi connectivity index (χ0v) is 10.6. The molecular formula is C12H22N4. The zero-order chi connectivity index (χ0) is 12.3. The van der Waals surface area contributed by atoms with Crippen LogP contribution in [0.15, 0.2) is 18.3 Å². The van der Waals surface area contributed by atoms with Crippen LogP contribution in [-0.2, 0) is 0 Å². The van der Waals surface area contributed by atoms with E-state index in [2.05, 4.69) is 23.7 Å². The van der Waals surface area contributed by atoms with Gasteiger partial charge in [-0.2, -0.15) is 0 Å². The van der Waals surface area contributed by atoms with Crippen LogP contribution in [-0.4, -0.2) is 29.5 Å². The number of rotatable bonds is 4. The molecule has 2 atom stereocenters. The lowest BCUT2D eigenvalue weighted by Crippen LogP contribution is -2.49. The molecule has 1 aromatic heterocycles. The van der Waals surface area contributed by atoms with Crippen LogP contribution in [0.3, 0.4) is 0 Å². The van der Waals surface area contributed by atoms with Crippen molar-refractivity contribution in [3.05, 3.63) is 23.9 Å². The lowest BCUT2D eigenvalue weighted by molar-refractivity contribution is 0.132. The highest BCUT2D eigenvalue weighted by atomic mass is 15.2. The number of pyridine rings is 1. The fraction of sp³-hybridized carbons (Fsp3) is 0.583. The van der Waals surface area contributed by atoms with Crippen LogP contribution >= 0.6 is 0 Å². The number of nitrogen functional groups attached to an aromatic ring is 1. The lowest BCUT2D eigenvalue weighted by Gasteiger charge is -2.41. The minimum Gasteiger partial charge on any atom is -0.383 e. The van der Waals surface area contributed by atoms with Crippen molar-refractivity contribution in [1.29, 1.82) is 0 Å². The van der Waals surface area contributed by atoms with Gasteiger partial charge in [-0.1, -0.05) is 13.0 Å². The van der Waals surface area contributed by atoms with Crippen LogP contribution in [0.5, 0.6) is 0 Å². The van der Waals surface area contributed by atoms with Gasteiger partial charge in [0.25, 0.3) is 0 Å². The Morgan fingerprint density at radius 2 is 2.12 bits per heavy atom. The average Bonchev–Trinajstić information content (AvgIpc) is 2.27. The van der Waals surface area contributed by atoms with E-state index in [0.29, 0.717) is 5.82 Å². The fourth-order valence-corrected chi connectivity index (χ4v) is 1.84. The van der Waals surface area contributed by atoms with E-state index in [1.165, 1.54) is 0 Å². The second kappa shape index (κ2) is 4.80. The molecule has 4 N–H and O–H groups in total. The molecule has 16 heavy (non-hydrogen) atoms. The Labute approximate surface area is 97.6 Å².